The molecule has 0 saturated heterocycles. The Kier molecular flexibility index (Phi) is 6.08. The summed E-state index contributed by atoms with van der Waals surface area (Å²) in [5, 5.41) is 4.87. The Balaban J connectivity index is 1.70. The Bertz CT molecular complexity index is 712. The number of ether oxygens (including phenoxy) is 1. The highest BCUT2D eigenvalue weighted by Crippen LogP contribution is 2.11. The molecule has 0 heterocycles. The van der Waals surface area contributed by atoms with Crippen molar-refractivity contribution in [2.24, 2.45) is 0 Å². The molecule has 0 saturated carbocycles. The quantitative estimate of drug-likeness (QED) is 0.621. The monoisotopic (exact) mass is 326 g/mol. The van der Waals surface area contributed by atoms with E-state index in [4.69, 9.17) is 4.74 Å². The van der Waals surface area contributed by atoms with Crippen molar-refractivity contribution in [3.63, 3.8) is 0 Å². The van der Waals surface area contributed by atoms with Crippen molar-refractivity contribution in [2.45, 2.75) is 6.92 Å². The molecule has 0 aliphatic rings. The standard InChI is InChI=1S/C18H18N2O4/c1-13-7-9-15(10-8-13)24-17(22)12-19-16(21)11-20-18(23)14-5-3-2-4-6-14/h2-10H,11-12H2,1H3,(H,19,21)(H,20,23). The minimum Gasteiger partial charge on any atom is -0.425 e. The number of carbonyl (C=O) groups excluding carboxylic acids is 3. The number of carbonyl (C=O) groups is 3. The third kappa shape index (κ3) is 5.57. The number of aryl methyl sites for hydroxylation is 1. The van der Waals surface area contributed by atoms with E-state index in [1.807, 2.05) is 19.1 Å². The number of esters is 1. The lowest BCUT2D eigenvalue weighted by Crippen LogP contribution is -2.39. The number of benzene rings is 2. The van der Waals surface area contributed by atoms with Gasteiger partial charge in [-0.15, -0.1) is 0 Å². The number of hydrogen-bond acceptors (Lipinski definition) is 4. The summed E-state index contributed by atoms with van der Waals surface area (Å²) in [4.78, 5) is 35.1. The van der Waals surface area contributed by atoms with Crippen molar-refractivity contribution < 1.29 is 19.1 Å². The smallest absolute Gasteiger partial charge is 0.330 e. The van der Waals surface area contributed by atoms with Crippen LogP contribution in [0.15, 0.2) is 54.6 Å². The summed E-state index contributed by atoms with van der Waals surface area (Å²) < 4.78 is 5.07. The highest BCUT2D eigenvalue weighted by molar-refractivity contribution is 5.96. The van der Waals surface area contributed by atoms with E-state index < -0.39 is 11.9 Å². The molecule has 0 aromatic heterocycles. The van der Waals surface area contributed by atoms with E-state index in [0.29, 0.717) is 11.3 Å². The van der Waals surface area contributed by atoms with Crippen molar-refractivity contribution in [3.8, 4) is 5.75 Å². The molecule has 2 N–H and O–H groups in total. The fraction of sp³-hybridized carbons (Fsp3) is 0.167. The lowest BCUT2D eigenvalue weighted by Gasteiger charge is -2.07. The Labute approximate surface area is 139 Å². The van der Waals surface area contributed by atoms with E-state index in [2.05, 4.69) is 10.6 Å². The predicted molar refractivity (Wildman–Crippen MR) is 88.6 cm³/mol. The predicted octanol–water partition coefficient (Wildman–Crippen LogP) is 1.45. The maximum absolute atomic E-state index is 11.8. The van der Waals surface area contributed by atoms with Crippen LogP contribution >= 0.6 is 0 Å². The second-order valence-corrected chi connectivity index (χ2v) is 5.11. The van der Waals surface area contributed by atoms with E-state index in [1.54, 1.807) is 42.5 Å². The zero-order chi connectivity index (χ0) is 17.4. The summed E-state index contributed by atoms with van der Waals surface area (Å²) in [5.74, 6) is -0.994. The van der Waals surface area contributed by atoms with Gasteiger partial charge in [-0.1, -0.05) is 35.9 Å². The van der Waals surface area contributed by atoms with E-state index in [1.165, 1.54) is 0 Å². The molecule has 0 atom stereocenters. The summed E-state index contributed by atoms with van der Waals surface area (Å²) in [6.45, 7) is 1.44. The van der Waals surface area contributed by atoms with Crippen LogP contribution in [0.5, 0.6) is 5.75 Å². The average molecular weight is 326 g/mol. The van der Waals surface area contributed by atoms with Gasteiger partial charge in [0.15, 0.2) is 0 Å². The molecule has 0 aliphatic carbocycles. The molecule has 0 unspecified atom stereocenters. The molecule has 124 valence electrons. The van der Waals surface area contributed by atoms with Crippen LogP contribution in [0.2, 0.25) is 0 Å². The first kappa shape index (κ1) is 17.2. The maximum Gasteiger partial charge on any atom is 0.330 e. The molecule has 6 nitrogen and oxygen atoms in total. The first-order chi connectivity index (χ1) is 11.5. The lowest BCUT2D eigenvalue weighted by atomic mass is 10.2. The summed E-state index contributed by atoms with van der Waals surface area (Å²) in [6, 6.07) is 15.5. The first-order valence-electron chi connectivity index (χ1n) is 7.42. The van der Waals surface area contributed by atoms with Crippen LogP contribution in [0.4, 0.5) is 0 Å². The Morgan fingerprint density at radius 1 is 0.875 bits per heavy atom. The van der Waals surface area contributed by atoms with E-state index in [-0.39, 0.29) is 19.0 Å². The van der Waals surface area contributed by atoms with Gasteiger partial charge in [-0.25, -0.2) is 4.79 Å². The minimum absolute atomic E-state index is 0.217. The first-order valence-corrected chi connectivity index (χ1v) is 7.42. The van der Waals surface area contributed by atoms with Gasteiger partial charge >= 0.3 is 5.97 Å². The second kappa shape index (κ2) is 8.47. The SMILES string of the molecule is Cc1ccc(OC(=O)CNC(=O)CNC(=O)c2ccccc2)cc1. The molecule has 2 aromatic carbocycles. The molecule has 0 fully saturated rings. The topological polar surface area (TPSA) is 84.5 Å². The van der Waals surface area contributed by atoms with Crippen molar-refractivity contribution in [3.05, 3.63) is 65.7 Å². The van der Waals surface area contributed by atoms with Crippen LogP contribution in [-0.2, 0) is 9.59 Å². The van der Waals surface area contributed by atoms with Gasteiger partial charge < -0.3 is 15.4 Å². The van der Waals surface area contributed by atoms with Crippen LogP contribution < -0.4 is 15.4 Å². The molecule has 0 bridgehead atoms. The van der Waals surface area contributed by atoms with E-state index in [9.17, 15) is 14.4 Å². The molecule has 2 amide bonds. The van der Waals surface area contributed by atoms with Gasteiger partial charge in [0.25, 0.3) is 5.91 Å². The van der Waals surface area contributed by atoms with Gasteiger partial charge in [-0.3, -0.25) is 9.59 Å². The van der Waals surface area contributed by atoms with Crippen LogP contribution in [0, 0.1) is 6.92 Å². The average Bonchev–Trinajstić information content (AvgIpc) is 2.60. The molecule has 0 aliphatic heterocycles. The lowest BCUT2D eigenvalue weighted by molar-refractivity contribution is -0.135. The van der Waals surface area contributed by atoms with Gasteiger partial charge in [0.1, 0.15) is 12.3 Å². The maximum atomic E-state index is 11.8. The van der Waals surface area contributed by atoms with Crippen LogP contribution in [0.3, 0.4) is 0 Å². The Hall–Kier alpha value is -3.15. The molecule has 0 radical (unpaired) electrons. The summed E-state index contributed by atoms with van der Waals surface area (Å²) >= 11 is 0. The van der Waals surface area contributed by atoms with Gasteiger partial charge in [-0.2, -0.15) is 0 Å². The number of hydrogen-bond donors (Lipinski definition) is 2. The third-order valence-corrected chi connectivity index (χ3v) is 3.13. The zero-order valence-electron chi connectivity index (χ0n) is 13.2. The number of rotatable bonds is 6. The fourth-order valence-electron chi connectivity index (χ4n) is 1.86. The largest absolute Gasteiger partial charge is 0.425 e. The third-order valence-electron chi connectivity index (χ3n) is 3.13. The Morgan fingerprint density at radius 2 is 1.54 bits per heavy atom. The van der Waals surface area contributed by atoms with Crippen LogP contribution in [-0.4, -0.2) is 30.9 Å². The molecule has 24 heavy (non-hydrogen) atoms. The summed E-state index contributed by atoms with van der Waals surface area (Å²) in [6.07, 6.45) is 0. The number of nitrogens with one attached hydrogen (secondary N) is 2. The molecule has 2 aromatic rings. The van der Waals surface area contributed by atoms with Crippen molar-refractivity contribution in [2.75, 3.05) is 13.1 Å². The van der Waals surface area contributed by atoms with Crippen molar-refractivity contribution in [1.29, 1.82) is 0 Å². The highest BCUT2D eigenvalue weighted by Gasteiger charge is 2.10. The van der Waals surface area contributed by atoms with Crippen LogP contribution in [0.25, 0.3) is 0 Å². The van der Waals surface area contributed by atoms with E-state index >= 15 is 0 Å². The van der Waals surface area contributed by atoms with Crippen molar-refractivity contribution >= 4 is 17.8 Å². The summed E-state index contributed by atoms with van der Waals surface area (Å²) in [5.41, 5.74) is 1.52. The normalized spacial score (nSPS) is 9.88. The second-order valence-electron chi connectivity index (χ2n) is 5.11. The highest BCUT2D eigenvalue weighted by atomic mass is 16.5. The zero-order valence-corrected chi connectivity index (χ0v) is 13.2. The summed E-state index contributed by atoms with van der Waals surface area (Å²) in [7, 11) is 0. The van der Waals surface area contributed by atoms with E-state index in [0.717, 1.165) is 5.56 Å². The molecule has 0 spiro atoms. The molecule has 2 rings (SSSR count). The Morgan fingerprint density at radius 3 is 2.21 bits per heavy atom. The van der Waals surface area contributed by atoms with Gasteiger partial charge in [0.2, 0.25) is 5.91 Å². The van der Waals surface area contributed by atoms with Gasteiger partial charge in [-0.05, 0) is 31.2 Å². The van der Waals surface area contributed by atoms with Crippen LogP contribution in [0.1, 0.15) is 15.9 Å². The number of amides is 2. The molecular weight excluding hydrogens is 308 g/mol. The van der Waals surface area contributed by atoms with Gasteiger partial charge in [0, 0.05) is 5.56 Å². The minimum atomic E-state index is -0.582. The fourth-order valence-corrected chi connectivity index (χ4v) is 1.86. The molecule has 6 heteroatoms. The molecular formula is C18H18N2O4. The van der Waals surface area contributed by atoms with Crippen molar-refractivity contribution in [1.82, 2.24) is 10.6 Å². The van der Waals surface area contributed by atoms with Gasteiger partial charge in [0.05, 0.1) is 6.54 Å².